The molecule has 0 atom stereocenters. The Hall–Kier alpha value is 0.210. The number of guanidine groups is 1. The lowest BCUT2D eigenvalue weighted by Gasteiger charge is -2.45. The van der Waals surface area contributed by atoms with Gasteiger partial charge < -0.3 is 10.2 Å². The lowest BCUT2D eigenvalue weighted by molar-refractivity contribution is 0.158. The molecular weight excluding hydrogens is 407 g/mol. The maximum absolute atomic E-state index is 12.4. The summed E-state index contributed by atoms with van der Waals surface area (Å²) in [7, 11) is 0. The molecule has 1 aliphatic carbocycles. The molecule has 0 aromatic rings. The normalized spacial score (nSPS) is 22.3. The summed E-state index contributed by atoms with van der Waals surface area (Å²) in [4.78, 5) is 6.28. The second-order valence-electron chi connectivity index (χ2n) is 5.60. The molecule has 124 valence electrons. The molecule has 0 radical (unpaired) electrons. The number of nitrogens with one attached hydrogen (secondary N) is 1. The largest absolute Gasteiger partial charge is 0.357 e. The van der Waals surface area contributed by atoms with Crippen LogP contribution in [0.5, 0.6) is 0 Å². The average molecular weight is 433 g/mol. The summed E-state index contributed by atoms with van der Waals surface area (Å²) in [5.41, 5.74) is 0. The minimum atomic E-state index is -2.37. The van der Waals surface area contributed by atoms with E-state index < -0.39 is 13.0 Å². The molecule has 1 heterocycles. The van der Waals surface area contributed by atoms with E-state index in [1.807, 2.05) is 6.92 Å². The van der Waals surface area contributed by atoms with Gasteiger partial charge in [0.25, 0.3) is 6.43 Å². The van der Waals surface area contributed by atoms with Crippen molar-refractivity contribution in [2.45, 2.75) is 50.2 Å². The number of aliphatic imine (C=N–C) groups is 1. The highest BCUT2D eigenvalue weighted by molar-refractivity contribution is 14.0. The van der Waals surface area contributed by atoms with Crippen molar-refractivity contribution >= 4 is 41.7 Å². The Morgan fingerprint density at radius 1 is 1.33 bits per heavy atom. The summed E-state index contributed by atoms with van der Waals surface area (Å²) in [6.45, 7) is 4.15. The standard InChI is InChI=1S/C14H25F2N3S.HI/c1-2-17-13(18-10-12(15)16)19-8-9-20-14(11-19)6-4-3-5-7-14;/h12H,2-11H2,1H3,(H,17,18);1H. The van der Waals surface area contributed by atoms with Gasteiger partial charge in [-0.3, -0.25) is 0 Å². The molecule has 3 nitrogen and oxygen atoms in total. The van der Waals surface area contributed by atoms with Crippen molar-refractivity contribution in [3.63, 3.8) is 0 Å². The predicted molar refractivity (Wildman–Crippen MR) is 97.2 cm³/mol. The number of thioether (sulfide) groups is 1. The van der Waals surface area contributed by atoms with E-state index in [1.165, 1.54) is 32.1 Å². The van der Waals surface area contributed by atoms with Gasteiger partial charge in [-0.05, 0) is 19.8 Å². The van der Waals surface area contributed by atoms with Crippen molar-refractivity contribution in [3.8, 4) is 0 Å². The van der Waals surface area contributed by atoms with Crippen LogP contribution in [-0.4, -0.2) is 54.0 Å². The number of rotatable bonds is 3. The van der Waals surface area contributed by atoms with Crippen molar-refractivity contribution < 1.29 is 8.78 Å². The third-order valence-corrected chi connectivity index (χ3v) is 5.56. The van der Waals surface area contributed by atoms with Gasteiger partial charge in [-0.25, -0.2) is 13.8 Å². The first-order chi connectivity index (χ1) is 9.65. The van der Waals surface area contributed by atoms with Crippen LogP contribution in [0.15, 0.2) is 4.99 Å². The van der Waals surface area contributed by atoms with Crippen LogP contribution in [0.3, 0.4) is 0 Å². The summed E-state index contributed by atoms with van der Waals surface area (Å²) in [6, 6.07) is 0. The van der Waals surface area contributed by atoms with Gasteiger partial charge in [0, 0.05) is 30.1 Å². The zero-order valence-electron chi connectivity index (χ0n) is 12.6. The molecule has 0 aromatic carbocycles. The fourth-order valence-corrected chi connectivity index (χ4v) is 4.67. The Bertz CT molecular complexity index is 331. The van der Waals surface area contributed by atoms with Gasteiger partial charge in [-0.2, -0.15) is 11.8 Å². The number of alkyl halides is 2. The lowest BCUT2D eigenvalue weighted by Crippen LogP contribution is -2.53. The Morgan fingerprint density at radius 2 is 2.05 bits per heavy atom. The molecule has 2 fully saturated rings. The SMILES string of the molecule is CCNC(=NCC(F)F)N1CCSC2(CCCCC2)C1.I. The zero-order chi connectivity index (χ0) is 14.4. The minimum Gasteiger partial charge on any atom is -0.357 e. The van der Waals surface area contributed by atoms with E-state index in [1.54, 1.807) is 0 Å². The van der Waals surface area contributed by atoms with Gasteiger partial charge in [0.2, 0.25) is 0 Å². The molecule has 1 N–H and O–H groups in total. The molecule has 0 bridgehead atoms. The van der Waals surface area contributed by atoms with Gasteiger partial charge in [0.05, 0.1) is 0 Å². The Kier molecular flexibility index (Phi) is 8.59. The van der Waals surface area contributed by atoms with Gasteiger partial charge >= 0.3 is 0 Å². The summed E-state index contributed by atoms with van der Waals surface area (Å²) < 4.78 is 25.1. The van der Waals surface area contributed by atoms with E-state index in [4.69, 9.17) is 0 Å². The third kappa shape index (κ3) is 5.73. The van der Waals surface area contributed by atoms with Crippen LogP contribution in [0.2, 0.25) is 0 Å². The first kappa shape index (κ1) is 19.3. The van der Waals surface area contributed by atoms with E-state index in [-0.39, 0.29) is 24.0 Å². The predicted octanol–water partition coefficient (Wildman–Crippen LogP) is 3.59. The monoisotopic (exact) mass is 433 g/mol. The average Bonchev–Trinajstić information content (AvgIpc) is 2.44. The molecule has 0 aromatic heterocycles. The third-order valence-electron chi connectivity index (χ3n) is 4.03. The van der Waals surface area contributed by atoms with Crippen molar-refractivity contribution in [2.75, 3.05) is 31.9 Å². The van der Waals surface area contributed by atoms with Gasteiger partial charge in [-0.1, -0.05) is 19.3 Å². The van der Waals surface area contributed by atoms with E-state index in [9.17, 15) is 8.78 Å². The van der Waals surface area contributed by atoms with E-state index in [0.717, 1.165) is 25.4 Å². The number of hydrogen-bond donors (Lipinski definition) is 1. The maximum Gasteiger partial charge on any atom is 0.257 e. The topological polar surface area (TPSA) is 27.6 Å². The molecule has 21 heavy (non-hydrogen) atoms. The molecule has 0 amide bonds. The Balaban J connectivity index is 0.00000220. The number of nitrogens with zero attached hydrogens (tertiary/aromatic N) is 2. The molecule has 2 aliphatic rings. The Morgan fingerprint density at radius 3 is 2.67 bits per heavy atom. The summed E-state index contributed by atoms with van der Waals surface area (Å²) in [6.07, 6.45) is 4.07. The quantitative estimate of drug-likeness (QED) is 0.419. The second-order valence-corrected chi connectivity index (χ2v) is 7.16. The van der Waals surface area contributed by atoms with Gasteiger partial charge in [0.1, 0.15) is 6.54 Å². The van der Waals surface area contributed by atoms with Gasteiger partial charge in [-0.15, -0.1) is 24.0 Å². The fraction of sp³-hybridized carbons (Fsp3) is 0.929. The maximum atomic E-state index is 12.4. The minimum absolute atomic E-state index is 0. The molecule has 2 rings (SSSR count). The van der Waals surface area contributed by atoms with Crippen LogP contribution in [0, 0.1) is 0 Å². The van der Waals surface area contributed by atoms with Crippen LogP contribution >= 0.6 is 35.7 Å². The van der Waals surface area contributed by atoms with Crippen molar-refractivity contribution in [3.05, 3.63) is 0 Å². The molecule has 0 unspecified atom stereocenters. The molecule has 1 aliphatic heterocycles. The summed E-state index contributed by atoms with van der Waals surface area (Å²) >= 11 is 2.08. The van der Waals surface area contributed by atoms with Crippen LogP contribution in [-0.2, 0) is 0 Å². The first-order valence-electron chi connectivity index (χ1n) is 7.60. The van der Waals surface area contributed by atoms with Crippen molar-refractivity contribution in [2.24, 2.45) is 4.99 Å². The van der Waals surface area contributed by atoms with Crippen molar-refractivity contribution in [1.29, 1.82) is 0 Å². The molecular formula is C14H26F2IN3S. The summed E-state index contributed by atoms with van der Waals surface area (Å²) in [5.74, 6) is 1.73. The number of halogens is 3. The van der Waals surface area contributed by atoms with Crippen LogP contribution in [0.1, 0.15) is 39.0 Å². The van der Waals surface area contributed by atoms with E-state index in [2.05, 4.69) is 27.0 Å². The second kappa shape index (κ2) is 9.37. The van der Waals surface area contributed by atoms with E-state index in [0.29, 0.717) is 10.7 Å². The van der Waals surface area contributed by atoms with E-state index >= 15 is 0 Å². The number of hydrogen-bond acceptors (Lipinski definition) is 2. The zero-order valence-corrected chi connectivity index (χ0v) is 15.8. The van der Waals surface area contributed by atoms with Crippen LogP contribution < -0.4 is 5.32 Å². The molecule has 1 spiro atoms. The highest BCUT2D eigenvalue weighted by Crippen LogP contribution is 2.42. The summed E-state index contributed by atoms with van der Waals surface area (Å²) in [5, 5.41) is 3.16. The smallest absolute Gasteiger partial charge is 0.257 e. The highest BCUT2D eigenvalue weighted by Gasteiger charge is 2.38. The molecule has 1 saturated carbocycles. The highest BCUT2D eigenvalue weighted by atomic mass is 127. The first-order valence-corrected chi connectivity index (χ1v) is 8.59. The lowest BCUT2D eigenvalue weighted by atomic mass is 9.87. The van der Waals surface area contributed by atoms with Crippen LogP contribution in [0.25, 0.3) is 0 Å². The van der Waals surface area contributed by atoms with Gasteiger partial charge in [0.15, 0.2) is 5.96 Å². The molecule has 1 saturated heterocycles. The fourth-order valence-electron chi connectivity index (χ4n) is 3.11. The van der Waals surface area contributed by atoms with Crippen molar-refractivity contribution in [1.82, 2.24) is 10.2 Å². The molecule has 7 heteroatoms. The Labute approximate surface area is 147 Å². The van der Waals surface area contributed by atoms with Crippen LogP contribution in [0.4, 0.5) is 8.78 Å².